The Hall–Kier alpha value is -3.56. The third-order valence-electron chi connectivity index (χ3n) is 10.1. The van der Waals surface area contributed by atoms with Gasteiger partial charge in [0.1, 0.15) is 29.4 Å². The number of methoxy groups -OCH3 is 2. The summed E-state index contributed by atoms with van der Waals surface area (Å²) < 4.78 is 42.5. The molecule has 308 valence electrons. The predicted molar refractivity (Wildman–Crippen MR) is 225 cm³/mol. The van der Waals surface area contributed by atoms with Crippen molar-refractivity contribution >= 4 is 20.3 Å². The van der Waals surface area contributed by atoms with Crippen molar-refractivity contribution in [3.05, 3.63) is 128 Å². The van der Waals surface area contributed by atoms with Crippen LogP contribution in [0.2, 0.25) is 0 Å². The largest absolute Gasteiger partial charge is 0.497 e. The highest BCUT2D eigenvalue weighted by atomic mass is 32.2. The van der Waals surface area contributed by atoms with E-state index >= 15 is 0 Å². The summed E-state index contributed by atoms with van der Waals surface area (Å²) in [4.78, 5) is 29.1. The van der Waals surface area contributed by atoms with Gasteiger partial charge in [-0.3, -0.25) is 14.3 Å². The number of nitrogens with one attached hydrogen (secondary N) is 2. The number of aromatic nitrogens is 2. The molecule has 15 heteroatoms. The van der Waals surface area contributed by atoms with Crippen LogP contribution in [0, 0.1) is 0 Å². The maximum atomic E-state index is 13.5. The van der Waals surface area contributed by atoms with Crippen LogP contribution in [0.4, 0.5) is 0 Å². The molecule has 4 N–H and O–H groups in total. The Morgan fingerprint density at radius 1 is 0.930 bits per heavy atom. The van der Waals surface area contributed by atoms with Crippen molar-refractivity contribution in [3.63, 3.8) is 0 Å². The van der Waals surface area contributed by atoms with Gasteiger partial charge in [-0.15, -0.1) is 11.8 Å². The Morgan fingerprint density at radius 2 is 1.54 bits per heavy atom. The van der Waals surface area contributed by atoms with Gasteiger partial charge in [-0.05, 0) is 81.6 Å². The second-order valence-electron chi connectivity index (χ2n) is 14.6. The lowest BCUT2D eigenvalue weighted by molar-refractivity contribution is -0.0926. The Bertz CT molecular complexity index is 1920. The van der Waals surface area contributed by atoms with Crippen molar-refractivity contribution in [1.82, 2.24) is 19.5 Å². The molecule has 0 saturated carbocycles. The van der Waals surface area contributed by atoms with E-state index in [1.807, 2.05) is 78.9 Å². The van der Waals surface area contributed by atoms with Gasteiger partial charge in [0, 0.05) is 37.0 Å². The van der Waals surface area contributed by atoms with Gasteiger partial charge in [0.2, 0.25) is 0 Å². The van der Waals surface area contributed by atoms with Crippen LogP contribution in [0.1, 0.15) is 74.4 Å². The number of H-pyrrole nitrogens is 1. The zero-order valence-corrected chi connectivity index (χ0v) is 35.3. The van der Waals surface area contributed by atoms with Crippen LogP contribution in [0.25, 0.3) is 0 Å². The van der Waals surface area contributed by atoms with Crippen molar-refractivity contribution < 1.29 is 28.0 Å². The van der Waals surface area contributed by atoms with Crippen LogP contribution in [-0.4, -0.2) is 84.8 Å². The summed E-state index contributed by atoms with van der Waals surface area (Å²) in [5.74, 6) is 2.29. The van der Waals surface area contributed by atoms with Crippen LogP contribution >= 0.6 is 20.3 Å². The molecule has 2 aliphatic rings. The molecule has 57 heavy (non-hydrogen) atoms. The lowest BCUT2D eigenvalue weighted by atomic mass is 9.80. The number of nitrogens with zero attached hydrogens (tertiary/aromatic N) is 2. The third kappa shape index (κ3) is 9.84. The highest BCUT2D eigenvalue weighted by molar-refractivity contribution is 7.99. The van der Waals surface area contributed by atoms with Gasteiger partial charge in [0.15, 0.2) is 0 Å². The maximum Gasteiger partial charge on any atom is 0.330 e. The SMILES string of the molecule is COc1ccc(C(OCC2OC(n3cc(C4NCCS4)c(=O)[nH]c3=O)CC2OP(OCCCN)N(C(C)C)C(C)C)(c2ccccc2)c2ccc(OC)cc2)cc1. The van der Waals surface area contributed by atoms with Crippen molar-refractivity contribution in [1.29, 1.82) is 0 Å². The van der Waals surface area contributed by atoms with E-state index in [4.69, 9.17) is 33.7 Å². The number of thioether (sulfide) groups is 1. The lowest BCUT2D eigenvalue weighted by Gasteiger charge is -2.39. The summed E-state index contributed by atoms with van der Waals surface area (Å²) in [5, 5.41) is 3.12. The fourth-order valence-electron chi connectivity index (χ4n) is 7.41. The van der Waals surface area contributed by atoms with Crippen LogP contribution in [0.5, 0.6) is 11.5 Å². The fourth-order valence-corrected chi connectivity index (χ4v) is 10.3. The van der Waals surface area contributed by atoms with E-state index in [0.29, 0.717) is 43.1 Å². The monoisotopic (exact) mass is 821 g/mol. The molecule has 0 aliphatic carbocycles. The summed E-state index contributed by atoms with van der Waals surface area (Å²) >= 11 is 1.63. The predicted octanol–water partition coefficient (Wildman–Crippen LogP) is 6.28. The number of aromatic amines is 1. The van der Waals surface area contributed by atoms with Gasteiger partial charge in [0.25, 0.3) is 14.1 Å². The topological polar surface area (TPSA) is 152 Å². The Balaban J connectivity index is 1.43. The Morgan fingerprint density at radius 3 is 2.09 bits per heavy atom. The summed E-state index contributed by atoms with van der Waals surface area (Å²) in [6, 6.07) is 26.0. The standard InChI is InChI=1S/C42H56N5O8PS/c1-28(2)47(29(3)4)56(53-23-10-21-43)55-36-25-38(46-26-35(39(48)45-41(46)49)40-44-22-24-57-40)54-37(36)27-52-42(30-11-8-7-9-12-30,31-13-17-33(50-5)18-14-31)32-15-19-34(51-6)20-16-32/h7-9,11-20,26,28-29,36-38,40,44H,10,21-25,27,43H2,1-6H3,(H,45,48,49). The highest BCUT2D eigenvalue weighted by Crippen LogP contribution is 2.51. The molecule has 0 spiro atoms. The van der Waals surface area contributed by atoms with E-state index in [1.54, 1.807) is 32.2 Å². The quantitative estimate of drug-likeness (QED) is 0.0555. The average Bonchev–Trinajstić information content (AvgIpc) is 3.90. The summed E-state index contributed by atoms with van der Waals surface area (Å²) in [6.45, 7) is 10.2. The third-order valence-corrected chi connectivity index (χ3v) is 13.5. The molecule has 0 amide bonds. The minimum Gasteiger partial charge on any atom is -0.497 e. The molecule has 5 unspecified atom stereocenters. The smallest absolute Gasteiger partial charge is 0.330 e. The van der Waals surface area contributed by atoms with E-state index in [-0.39, 0.29) is 24.1 Å². The van der Waals surface area contributed by atoms with Crippen molar-refractivity contribution in [2.75, 3.05) is 46.3 Å². The van der Waals surface area contributed by atoms with E-state index in [1.165, 1.54) is 4.57 Å². The molecule has 3 heterocycles. The average molecular weight is 822 g/mol. The van der Waals surface area contributed by atoms with Crippen LogP contribution < -0.4 is 31.8 Å². The van der Waals surface area contributed by atoms with Gasteiger partial charge in [-0.25, -0.2) is 9.46 Å². The van der Waals surface area contributed by atoms with E-state index < -0.39 is 43.8 Å². The van der Waals surface area contributed by atoms with E-state index in [9.17, 15) is 9.59 Å². The first-order valence-corrected chi connectivity index (χ1v) is 21.7. The van der Waals surface area contributed by atoms with E-state index in [2.05, 4.69) is 42.7 Å². The van der Waals surface area contributed by atoms with Crippen molar-refractivity contribution in [3.8, 4) is 11.5 Å². The zero-order chi connectivity index (χ0) is 40.5. The van der Waals surface area contributed by atoms with E-state index in [0.717, 1.165) is 29.0 Å². The first-order chi connectivity index (χ1) is 27.6. The number of hydrogen-bond acceptors (Lipinski definition) is 12. The molecule has 13 nitrogen and oxygen atoms in total. The normalized spacial score (nSPS) is 20.5. The lowest BCUT2D eigenvalue weighted by Crippen LogP contribution is -2.39. The molecule has 6 rings (SSSR count). The summed E-state index contributed by atoms with van der Waals surface area (Å²) in [6.07, 6.45) is 0.602. The maximum absolute atomic E-state index is 13.5. The molecule has 0 radical (unpaired) electrons. The Labute approximate surface area is 340 Å². The second kappa shape index (κ2) is 19.9. The molecule has 5 atom stereocenters. The molecule has 2 aliphatic heterocycles. The molecular formula is C42H56N5O8PS. The molecule has 0 bridgehead atoms. The number of hydrogen-bond donors (Lipinski definition) is 3. The first kappa shape index (κ1) is 43.0. The molecular weight excluding hydrogens is 766 g/mol. The number of ether oxygens (including phenoxy) is 4. The minimum absolute atomic E-state index is 0.0639. The van der Waals surface area contributed by atoms with Crippen LogP contribution in [0.3, 0.4) is 0 Å². The van der Waals surface area contributed by atoms with Crippen molar-refractivity contribution in [2.24, 2.45) is 5.73 Å². The summed E-state index contributed by atoms with van der Waals surface area (Å²) in [5.41, 5.74) is 6.89. The number of nitrogens with two attached hydrogens (primary N) is 1. The summed E-state index contributed by atoms with van der Waals surface area (Å²) in [7, 11) is 1.69. The molecule has 1 aromatic heterocycles. The zero-order valence-electron chi connectivity index (χ0n) is 33.6. The second-order valence-corrected chi connectivity index (χ2v) is 17.2. The minimum atomic E-state index is -1.59. The molecule has 4 aromatic rings. The van der Waals surface area contributed by atoms with Gasteiger partial charge in [-0.1, -0.05) is 54.6 Å². The molecule has 2 fully saturated rings. The number of benzene rings is 3. The van der Waals surface area contributed by atoms with Gasteiger partial charge >= 0.3 is 5.69 Å². The van der Waals surface area contributed by atoms with Gasteiger partial charge < -0.3 is 39.0 Å². The fraction of sp³-hybridized carbons (Fsp3) is 0.476. The van der Waals surface area contributed by atoms with Crippen LogP contribution in [0.15, 0.2) is 94.6 Å². The number of rotatable bonds is 19. The first-order valence-electron chi connectivity index (χ1n) is 19.5. The Kier molecular flexibility index (Phi) is 15.0. The van der Waals surface area contributed by atoms with Gasteiger partial charge in [0.05, 0.1) is 44.5 Å². The highest BCUT2D eigenvalue weighted by Gasteiger charge is 2.45. The van der Waals surface area contributed by atoms with Crippen LogP contribution in [-0.2, 0) is 24.1 Å². The molecule has 3 aromatic carbocycles. The molecule has 2 saturated heterocycles. The van der Waals surface area contributed by atoms with Gasteiger partial charge in [-0.2, -0.15) is 0 Å². The van der Waals surface area contributed by atoms with Crippen molar-refractivity contribution in [2.45, 2.75) is 82.0 Å².